The van der Waals surface area contributed by atoms with E-state index in [0.29, 0.717) is 26.2 Å². The summed E-state index contributed by atoms with van der Waals surface area (Å²) in [5, 5.41) is 2.99. The van der Waals surface area contributed by atoms with E-state index in [9.17, 15) is 9.59 Å². The Kier molecular flexibility index (Phi) is 6.06. The Bertz CT molecular complexity index is 591. The van der Waals surface area contributed by atoms with E-state index >= 15 is 0 Å². The Hall–Kier alpha value is -2.24. The molecule has 0 radical (unpaired) electrons. The minimum atomic E-state index is -0.100. The van der Waals surface area contributed by atoms with Crippen LogP contribution in [0.1, 0.15) is 26.3 Å². The Morgan fingerprint density at radius 1 is 1.08 bits per heavy atom. The molecule has 0 aliphatic carbocycles. The van der Waals surface area contributed by atoms with Crippen LogP contribution in [0.5, 0.6) is 0 Å². The Morgan fingerprint density at radius 3 is 2.17 bits per heavy atom. The molecular weight excluding hydrogens is 304 g/mol. The van der Waals surface area contributed by atoms with Gasteiger partial charge in [-0.15, -0.1) is 0 Å². The molecule has 1 aliphatic heterocycles. The lowest BCUT2D eigenvalue weighted by atomic mass is 10.1. The monoisotopic (exact) mass is 332 g/mol. The predicted octanol–water partition coefficient (Wildman–Crippen LogP) is 2.54. The normalized spacial score (nSPS) is 14.5. The van der Waals surface area contributed by atoms with Gasteiger partial charge < -0.3 is 20.0 Å². The van der Waals surface area contributed by atoms with E-state index in [2.05, 4.69) is 30.1 Å². The van der Waals surface area contributed by atoms with Crippen molar-refractivity contribution in [3.05, 3.63) is 23.8 Å². The molecule has 1 heterocycles. The summed E-state index contributed by atoms with van der Waals surface area (Å²) >= 11 is 0. The van der Waals surface area contributed by atoms with Gasteiger partial charge in [0.15, 0.2) is 0 Å². The average molecular weight is 332 g/mol. The summed E-state index contributed by atoms with van der Waals surface area (Å²) < 4.78 is 0. The highest BCUT2D eigenvalue weighted by Crippen LogP contribution is 2.23. The van der Waals surface area contributed by atoms with E-state index in [4.69, 9.17) is 0 Å². The van der Waals surface area contributed by atoms with Gasteiger partial charge in [-0.05, 0) is 44.5 Å². The molecule has 0 unspecified atom stereocenters. The van der Waals surface area contributed by atoms with E-state index in [0.717, 1.165) is 24.3 Å². The summed E-state index contributed by atoms with van der Waals surface area (Å²) in [6, 6.07) is 6.02. The minimum Gasteiger partial charge on any atom is -0.372 e. The summed E-state index contributed by atoms with van der Waals surface area (Å²) in [6.45, 7) is 12.1. The second-order valence-corrected chi connectivity index (χ2v) is 6.09. The number of amides is 3. The van der Waals surface area contributed by atoms with Crippen LogP contribution in [-0.4, -0.2) is 61.0 Å². The van der Waals surface area contributed by atoms with Crippen molar-refractivity contribution in [1.29, 1.82) is 0 Å². The highest BCUT2D eigenvalue weighted by Gasteiger charge is 2.22. The molecule has 0 aromatic heterocycles. The van der Waals surface area contributed by atoms with Crippen LogP contribution in [0.3, 0.4) is 0 Å². The molecule has 24 heavy (non-hydrogen) atoms. The van der Waals surface area contributed by atoms with Gasteiger partial charge in [-0.3, -0.25) is 4.79 Å². The van der Waals surface area contributed by atoms with Gasteiger partial charge in [0.05, 0.1) is 0 Å². The van der Waals surface area contributed by atoms with E-state index in [1.54, 1.807) is 16.7 Å². The summed E-state index contributed by atoms with van der Waals surface area (Å²) in [4.78, 5) is 29.6. The van der Waals surface area contributed by atoms with Crippen LogP contribution in [0.2, 0.25) is 0 Å². The Balaban J connectivity index is 1.98. The van der Waals surface area contributed by atoms with Crippen LogP contribution in [0.4, 0.5) is 16.2 Å². The van der Waals surface area contributed by atoms with Crippen LogP contribution < -0.4 is 10.2 Å². The zero-order valence-electron chi connectivity index (χ0n) is 15.1. The maximum atomic E-state index is 12.4. The fraction of sp³-hybridized carbons (Fsp3) is 0.556. The number of carbonyl (C=O) groups excluding carboxylic acids is 2. The lowest BCUT2D eigenvalue weighted by Crippen LogP contribution is -2.51. The first-order valence-corrected chi connectivity index (χ1v) is 8.63. The van der Waals surface area contributed by atoms with Gasteiger partial charge in [0.25, 0.3) is 0 Å². The van der Waals surface area contributed by atoms with Gasteiger partial charge in [-0.2, -0.15) is 0 Å². The third-order valence-corrected chi connectivity index (χ3v) is 4.59. The largest absolute Gasteiger partial charge is 0.372 e. The van der Waals surface area contributed by atoms with Crippen molar-refractivity contribution >= 4 is 23.3 Å². The van der Waals surface area contributed by atoms with Gasteiger partial charge in [0.1, 0.15) is 0 Å². The second kappa shape index (κ2) is 8.04. The molecule has 132 valence electrons. The fourth-order valence-corrected chi connectivity index (χ4v) is 2.99. The third-order valence-electron chi connectivity index (χ3n) is 4.59. The molecule has 0 saturated carbocycles. The highest BCUT2D eigenvalue weighted by molar-refractivity contribution is 5.90. The standard InChI is InChI=1S/C18H28N4O2/c1-5-20(6-2)16-7-8-17(14(3)13-16)19-18(24)22-11-9-21(10-12-22)15(4)23/h7-8,13H,5-6,9-12H2,1-4H3,(H,19,24). The lowest BCUT2D eigenvalue weighted by molar-refractivity contribution is -0.130. The average Bonchev–Trinajstić information content (AvgIpc) is 2.58. The molecule has 6 nitrogen and oxygen atoms in total. The maximum Gasteiger partial charge on any atom is 0.321 e. The quantitative estimate of drug-likeness (QED) is 0.922. The number of nitrogens with zero attached hydrogens (tertiary/aromatic N) is 3. The number of carbonyl (C=O) groups is 2. The van der Waals surface area contributed by atoms with Gasteiger partial charge in [-0.1, -0.05) is 0 Å². The zero-order valence-corrected chi connectivity index (χ0v) is 15.1. The number of urea groups is 1. The molecule has 1 saturated heterocycles. The molecular formula is C18H28N4O2. The third kappa shape index (κ3) is 4.19. The summed E-state index contributed by atoms with van der Waals surface area (Å²) in [7, 11) is 0. The van der Waals surface area contributed by atoms with E-state index in [-0.39, 0.29) is 11.9 Å². The number of hydrogen-bond donors (Lipinski definition) is 1. The highest BCUT2D eigenvalue weighted by atomic mass is 16.2. The molecule has 1 N–H and O–H groups in total. The number of anilines is 2. The van der Waals surface area contributed by atoms with Crippen LogP contribution in [-0.2, 0) is 4.79 Å². The van der Waals surface area contributed by atoms with Crippen molar-refractivity contribution in [2.45, 2.75) is 27.7 Å². The summed E-state index contributed by atoms with van der Waals surface area (Å²) in [5.74, 6) is 0.0675. The molecule has 0 spiro atoms. The van der Waals surface area contributed by atoms with Gasteiger partial charge in [0, 0.05) is 57.6 Å². The maximum absolute atomic E-state index is 12.4. The first-order chi connectivity index (χ1) is 11.5. The number of piperazine rings is 1. The van der Waals surface area contributed by atoms with Crippen LogP contribution in [0.15, 0.2) is 18.2 Å². The molecule has 0 bridgehead atoms. The second-order valence-electron chi connectivity index (χ2n) is 6.09. The predicted molar refractivity (Wildman–Crippen MR) is 97.6 cm³/mol. The molecule has 0 atom stereocenters. The summed E-state index contributed by atoms with van der Waals surface area (Å²) in [5.41, 5.74) is 3.06. The topological polar surface area (TPSA) is 55.9 Å². The van der Waals surface area contributed by atoms with Gasteiger partial charge >= 0.3 is 6.03 Å². The first-order valence-electron chi connectivity index (χ1n) is 8.63. The number of benzene rings is 1. The van der Waals surface area contributed by atoms with Gasteiger partial charge in [0.2, 0.25) is 5.91 Å². The summed E-state index contributed by atoms with van der Waals surface area (Å²) in [6.07, 6.45) is 0. The molecule has 1 aromatic rings. The van der Waals surface area contributed by atoms with Crippen molar-refractivity contribution in [2.75, 3.05) is 49.5 Å². The van der Waals surface area contributed by atoms with Crippen molar-refractivity contribution in [2.24, 2.45) is 0 Å². The molecule has 1 fully saturated rings. The molecule has 6 heteroatoms. The Morgan fingerprint density at radius 2 is 1.67 bits per heavy atom. The van der Waals surface area contributed by atoms with Crippen molar-refractivity contribution < 1.29 is 9.59 Å². The van der Waals surface area contributed by atoms with Crippen molar-refractivity contribution in [3.63, 3.8) is 0 Å². The van der Waals surface area contributed by atoms with Crippen LogP contribution >= 0.6 is 0 Å². The lowest BCUT2D eigenvalue weighted by Gasteiger charge is -2.34. The van der Waals surface area contributed by atoms with Crippen molar-refractivity contribution in [1.82, 2.24) is 9.80 Å². The first kappa shape index (κ1) is 18.1. The zero-order chi connectivity index (χ0) is 17.7. The number of aryl methyl sites for hydroxylation is 1. The van der Waals surface area contributed by atoms with Crippen LogP contribution in [0.25, 0.3) is 0 Å². The molecule has 2 rings (SSSR count). The smallest absolute Gasteiger partial charge is 0.321 e. The fourth-order valence-electron chi connectivity index (χ4n) is 2.99. The van der Waals surface area contributed by atoms with E-state index < -0.39 is 0 Å². The number of nitrogens with one attached hydrogen (secondary N) is 1. The van der Waals surface area contributed by atoms with Crippen molar-refractivity contribution in [3.8, 4) is 0 Å². The van der Waals surface area contributed by atoms with E-state index in [1.165, 1.54) is 5.69 Å². The molecule has 1 aliphatic rings. The van der Waals surface area contributed by atoms with Gasteiger partial charge in [-0.25, -0.2) is 4.79 Å². The molecule has 3 amide bonds. The Labute approximate surface area is 144 Å². The minimum absolute atomic E-state index is 0.0675. The van der Waals surface area contributed by atoms with E-state index in [1.807, 2.05) is 19.1 Å². The van der Waals surface area contributed by atoms with Crippen LogP contribution in [0, 0.1) is 6.92 Å². The number of rotatable bonds is 4. The molecule has 1 aromatic carbocycles. The number of hydrogen-bond acceptors (Lipinski definition) is 3. The SMILES string of the molecule is CCN(CC)c1ccc(NC(=O)N2CCN(C(C)=O)CC2)c(C)c1.